The molecule has 2 aromatic carbocycles. The van der Waals surface area contributed by atoms with Crippen LogP contribution < -0.4 is 10.6 Å². The molecule has 21 heavy (non-hydrogen) atoms. The summed E-state index contributed by atoms with van der Waals surface area (Å²) in [5.41, 5.74) is 3.17. The molecule has 2 nitrogen and oxygen atoms in total. The van der Waals surface area contributed by atoms with Crippen LogP contribution in [-0.2, 0) is 6.42 Å². The molecule has 0 fully saturated rings. The molecule has 2 aromatic rings. The maximum atomic E-state index is 13.5. The van der Waals surface area contributed by atoms with E-state index >= 15 is 0 Å². The molecule has 110 valence electrons. The summed E-state index contributed by atoms with van der Waals surface area (Å²) in [5, 5.41) is 6.65. The van der Waals surface area contributed by atoms with Crippen LogP contribution in [0.2, 0.25) is 0 Å². The van der Waals surface area contributed by atoms with Crippen molar-refractivity contribution in [2.45, 2.75) is 19.4 Å². The van der Waals surface area contributed by atoms with E-state index in [1.165, 1.54) is 17.7 Å². The highest BCUT2D eigenvalue weighted by molar-refractivity contribution is 7.80. The van der Waals surface area contributed by atoms with Crippen LogP contribution in [0.5, 0.6) is 0 Å². The molecule has 4 heteroatoms. The Labute approximate surface area is 130 Å². The van der Waals surface area contributed by atoms with Crippen molar-refractivity contribution >= 4 is 17.3 Å². The third kappa shape index (κ3) is 4.02. The summed E-state index contributed by atoms with van der Waals surface area (Å²) in [7, 11) is 1.76. The van der Waals surface area contributed by atoms with E-state index in [2.05, 4.69) is 41.8 Å². The van der Waals surface area contributed by atoms with E-state index in [0.717, 1.165) is 17.5 Å². The molecule has 0 bridgehead atoms. The van der Waals surface area contributed by atoms with Gasteiger partial charge in [-0.15, -0.1) is 0 Å². The molecule has 0 aliphatic rings. The predicted octanol–water partition coefficient (Wildman–Crippen LogP) is 3.57. The summed E-state index contributed by atoms with van der Waals surface area (Å²) in [6.07, 6.45) is 0.993. The van der Waals surface area contributed by atoms with E-state index in [9.17, 15) is 4.39 Å². The van der Waals surface area contributed by atoms with Gasteiger partial charge in [0, 0.05) is 7.05 Å². The first-order valence-electron chi connectivity index (χ1n) is 6.96. The molecule has 0 saturated heterocycles. The third-order valence-electron chi connectivity index (χ3n) is 3.41. The Morgan fingerprint density at radius 3 is 2.43 bits per heavy atom. The van der Waals surface area contributed by atoms with E-state index < -0.39 is 0 Å². The van der Waals surface area contributed by atoms with Gasteiger partial charge in [0.05, 0.1) is 6.04 Å². The Morgan fingerprint density at radius 1 is 1.14 bits per heavy atom. The van der Waals surface area contributed by atoms with E-state index in [-0.39, 0.29) is 11.9 Å². The SMILES string of the molecule is CCc1ccc([C@H](NC(=S)NC)c2cccc(F)c2)cc1. The second-order valence-corrected chi connectivity index (χ2v) is 5.21. The Hall–Kier alpha value is -1.94. The second-order valence-electron chi connectivity index (χ2n) is 4.81. The number of hydrogen-bond donors (Lipinski definition) is 2. The van der Waals surface area contributed by atoms with Crippen molar-refractivity contribution in [3.8, 4) is 0 Å². The van der Waals surface area contributed by atoms with Gasteiger partial charge in [-0.2, -0.15) is 0 Å². The third-order valence-corrected chi connectivity index (χ3v) is 3.73. The van der Waals surface area contributed by atoms with Gasteiger partial charge in [0.15, 0.2) is 5.11 Å². The first kappa shape index (κ1) is 15.4. The maximum Gasteiger partial charge on any atom is 0.166 e. The van der Waals surface area contributed by atoms with Crippen LogP contribution in [0.4, 0.5) is 4.39 Å². The van der Waals surface area contributed by atoms with Crippen molar-refractivity contribution in [3.05, 3.63) is 71.0 Å². The fraction of sp³-hybridized carbons (Fsp3) is 0.235. The maximum absolute atomic E-state index is 13.5. The molecular weight excluding hydrogens is 283 g/mol. The van der Waals surface area contributed by atoms with Crippen LogP contribution in [0.3, 0.4) is 0 Å². The Balaban J connectivity index is 2.37. The molecule has 0 unspecified atom stereocenters. The summed E-state index contributed by atoms with van der Waals surface area (Å²) in [6, 6.07) is 14.7. The van der Waals surface area contributed by atoms with Gasteiger partial charge in [0.2, 0.25) is 0 Å². The zero-order valence-electron chi connectivity index (χ0n) is 12.2. The molecule has 0 heterocycles. The fourth-order valence-corrected chi connectivity index (χ4v) is 2.31. The molecule has 0 saturated carbocycles. The van der Waals surface area contributed by atoms with Gasteiger partial charge >= 0.3 is 0 Å². The smallest absolute Gasteiger partial charge is 0.166 e. The normalized spacial score (nSPS) is 11.8. The second kappa shape index (κ2) is 7.18. The summed E-state index contributed by atoms with van der Waals surface area (Å²) < 4.78 is 13.5. The van der Waals surface area contributed by atoms with Gasteiger partial charge in [-0.3, -0.25) is 0 Å². The van der Waals surface area contributed by atoms with Gasteiger partial charge in [0.1, 0.15) is 5.82 Å². The molecule has 2 rings (SSSR count). The summed E-state index contributed by atoms with van der Waals surface area (Å²) in [4.78, 5) is 0. The van der Waals surface area contributed by atoms with Crippen molar-refractivity contribution in [3.63, 3.8) is 0 Å². The monoisotopic (exact) mass is 302 g/mol. The Bertz CT molecular complexity index is 610. The van der Waals surface area contributed by atoms with Crippen molar-refractivity contribution in [1.29, 1.82) is 0 Å². The lowest BCUT2D eigenvalue weighted by Crippen LogP contribution is -2.36. The van der Waals surface area contributed by atoms with Gasteiger partial charge in [0.25, 0.3) is 0 Å². The van der Waals surface area contributed by atoms with Crippen LogP contribution in [0.25, 0.3) is 0 Å². The Morgan fingerprint density at radius 2 is 1.86 bits per heavy atom. The molecule has 0 aliphatic heterocycles. The van der Waals surface area contributed by atoms with Crippen LogP contribution in [0, 0.1) is 5.82 Å². The van der Waals surface area contributed by atoms with Gasteiger partial charge in [-0.25, -0.2) is 4.39 Å². The fourth-order valence-electron chi connectivity index (χ4n) is 2.19. The van der Waals surface area contributed by atoms with Gasteiger partial charge in [-0.05, 0) is 47.5 Å². The summed E-state index contributed by atoms with van der Waals surface area (Å²) in [6.45, 7) is 2.12. The van der Waals surface area contributed by atoms with Crippen LogP contribution >= 0.6 is 12.2 Å². The number of halogens is 1. The number of rotatable bonds is 4. The average molecular weight is 302 g/mol. The minimum Gasteiger partial charge on any atom is -0.366 e. The zero-order chi connectivity index (χ0) is 15.2. The number of nitrogens with one attached hydrogen (secondary N) is 2. The molecule has 2 N–H and O–H groups in total. The number of benzene rings is 2. The lowest BCUT2D eigenvalue weighted by atomic mass is 9.97. The van der Waals surface area contributed by atoms with E-state index in [1.54, 1.807) is 13.1 Å². The molecule has 0 amide bonds. The topological polar surface area (TPSA) is 24.1 Å². The number of thiocarbonyl (C=S) groups is 1. The highest BCUT2D eigenvalue weighted by Crippen LogP contribution is 2.23. The van der Waals surface area contributed by atoms with Crippen LogP contribution in [-0.4, -0.2) is 12.2 Å². The Kier molecular flexibility index (Phi) is 5.28. The van der Waals surface area contributed by atoms with E-state index in [0.29, 0.717) is 5.11 Å². The minimum absolute atomic E-state index is 0.174. The minimum atomic E-state index is -0.250. The number of aryl methyl sites for hydroxylation is 1. The first-order chi connectivity index (χ1) is 10.1. The largest absolute Gasteiger partial charge is 0.366 e. The van der Waals surface area contributed by atoms with E-state index in [4.69, 9.17) is 12.2 Å². The molecular formula is C17H19FN2S. The van der Waals surface area contributed by atoms with E-state index in [1.807, 2.05) is 6.07 Å². The molecule has 0 spiro atoms. The summed E-state index contributed by atoms with van der Waals surface area (Å²) in [5.74, 6) is -0.250. The van der Waals surface area contributed by atoms with Gasteiger partial charge in [-0.1, -0.05) is 43.3 Å². The van der Waals surface area contributed by atoms with Crippen LogP contribution in [0.1, 0.15) is 29.7 Å². The predicted molar refractivity (Wildman–Crippen MR) is 88.9 cm³/mol. The van der Waals surface area contributed by atoms with Crippen molar-refractivity contribution in [2.75, 3.05) is 7.05 Å². The lowest BCUT2D eigenvalue weighted by Gasteiger charge is -2.21. The highest BCUT2D eigenvalue weighted by Gasteiger charge is 2.15. The van der Waals surface area contributed by atoms with Crippen molar-refractivity contribution in [2.24, 2.45) is 0 Å². The lowest BCUT2D eigenvalue weighted by molar-refractivity contribution is 0.621. The molecule has 0 aliphatic carbocycles. The van der Waals surface area contributed by atoms with Crippen molar-refractivity contribution < 1.29 is 4.39 Å². The standard InChI is InChI=1S/C17H19FN2S/c1-3-12-7-9-13(10-8-12)16(20-17(21)19-2)14-5-4-6-15(18)11-14/h4-11,16H,3H2,1-2H3,(H2,19,20,21)/t16-/m0/s1. The highest BCUT2D eigenvalue weighted by atomic mass is 32.1. The molecule has 1 atom stereocenters. The quantitative estimate of drug-likeness (QED) is 0.844. The first-order valence-corrected chi connectivity index (χ1v) is 7.37. The number of hydrogen-bond acceptors (Lipinski definition) is 1. The van der Waals surface area contributed by atoms with Crippen LogP contribution in [0.15, 0.2) is 48.5 Å². The zero-order valence-corrected chi connectivity index (χ0v) is 13.0. The molecule has 0 aromatic heterocycles. The average Bonchev–Trinajstić information content (AvgIpc) is 2.52. The van der Waals surface area contributed by atoms with Gasteiger partial charge < -0.3 is 10.6 Å². The molecule has 0 radical (unpaired) electrons. The summed E-state index contributed by atoms with van der Waals surface area (Å²) >= 11 is 5.20. The van der Waals surface area contributed by atoms with Crippen molar-refractivity contribution in [1.82, 2.24) is 10.6 Å².